The van der Waals surface area contributed by atoms with E-state index in [1.54, 1.807) is 19.2 Å². The Labute approximate surface area is 235 Å². The van der Waals surface area contributed by atoms with Crippen LogP contribution in [0, 0.1) is 0 Å². The van der Waals surface area contributed by atoms with Crippen molar-refractivity contribution in [1.82, 2.24) is 15.3 Å². The molecule has 0 spiro atoms. The van der Waals surface area contributed by atoms with Crippen molar-refractivity contribution in [2.45, 2.75) is 31.8 Å². The minimum absolute atomic E-state index is 0.0988. The van der Waals surface area contributed by atoms with Crippen LogP contribution in [0.25, 0.3) is 21.8 Å². The van der Waals surface area contributed by atoms with E-state index in [4.69, 9.17) is 10.5 Å². The number of fused-ring (bicyclic) bond motifs is 2. The first-order valence-electron chi connectivity index (χ1n) is 13.3. The SMILES string of the molecule is C[C@H](N)C(=O)Nc1ccc(C(=O)N[C@@H](Cc2c[nH]c3ccccc23)C(=O)O)cc1OCCc1c[nH]c2ccccc12. The first-order valence-corrected chi connectivity index (χ1v) is 13.3. The van der Waals surface area contributed by atoms with Crippen LogP contribution in [-0.4, -0.2) is 51.5 Å². The van der Waals surface area contributed by atoms with Crippen LogP contribution in [0.1, 0.15) is 28.4 Å². The summed E-state index contributed by atoms with van der Waals surface area (Å²) in [6, 6.07) is 18.1. The van der Waals surface area contributed by atoms with Crippen molar-refractivity contribution in [2.24, 2.45) is 5.73 Å². The Bertz CT molecular complexity index is 1720. The van der Waals surface area contributed by atoms with E-state index in [0.29, 0.717) is 12.1 Å². The van der Waals surface area contributed by atoms with Crippen LogP contribution in [-0.2, 0) is 22.4 Å². The summed E-state index contributed by atoms with van der Waals surface area (Å²) in [5.74, 6) is -1.87. The van der Waals surface area contributed by atoms with Gasteiger partial charge in [0.2, 0.25) is 5.91 Å². The molecule has 0 aliphatic rings. The van der Waals surface area contributed by atoms with Crippen molar-refractivity contribution in [3.05, 3.63) is 95.8 Å². The summed E-state index contributed by atoms with van der Waals surface area (Å²) in [6.07, 6.45) is 4.35. The number of amides is 2. The molecule has 3 aromatic carbocycles. The van der Waals surface area contributed by atoms with Crippen LogP contribution in [0.5, 0.6) is 5.75 Å². The van der Waals surface area contributed by atoms with Crippen LogP contribution < -0.4 is 21.1 Å². The highest BCUT2D eigenvalue weighted by atomic mass is 16.5. The van der Waals surface area contributed by atoms with Gasteiger partial charge < -0.3 is 36.2 Å². The van der Waals surface area contributed by atoms with Gasteiger partial charge in [-0.05, 0) is 48.4 Å². The molecule has 0 aliphatic heterocycles. The molecular weight excluding hydrogens is 522 g/mol. The highest BCUT2D eigenvalue weighted by Gasteiger charge is 2.23. The Balaban J connectivity index is 1.33. The zero-order valence-corrected chi connectivity index (χ0v) is 22.4. The molecular formula is C31H31N5O5. The second-order valence-corrected chi connectivity index (χ2v) is 9.87. The number of benzene rings is 3. The summed E-state index contributed by atoms with van der Waals surface area (Å²) < 4.78 is 6.05. The van der Waals surface area contributed by atoms with E-state index < -0.39 is 29.9 Å². The fourth-order valence-electron chi connectivity index (χ4n) is 4.70. The average molecular weight is 554 g/mol. The van der Waals surface area contributed by atoms with Gasteiger partial charge in [0.1, 0.15) is 11.8 Å². The minimum atomic E-state index is -1.16. The summed E-state index contributed by atoms with van der Waals surface area (Å²) in [5, 5.41) is 17.2. The molecule has 2 atom stereocenters. The van der Waals surface area contributed by atoms with Crippen LogP contribution in [0.4, 0.5) is 5.69 Å². The van der Waals surface area contributed by atoms with Gasteiger partial charge in [0.05, 0.1) is 18.3 Å². The molecule has 2 aromatic heterocycles. The van der Waals surface area contributed by atoms with E-state index in [1.807, 2.05) is 54.7 Å². The summed E-state index contributed by atoms with van der Waals surface area (Å²) >= 11 is 0. The van der Waals surface area contributed by atoms with Crippen molar-refractivity contribution in [2.75, 3.05) is 11.9 Å². The molecule has 10 heteroatoms. The second kappa shape index (κ2) is 12.0. The number of H-pyrrole nitrogens is 2. The van der Waals surface area contributed by atoms with Crippen LogP contribution in [0.2, 0.25) is 0 Å². The van der Waals surface area contributed by atoms with E-state index in [2.05, 4.69) is 20.6 Å². The zero-order valence-electron chi connectivity index (χ0n) is 22.4. The molecule has 0 unspecified atom stereocenters. The molecule has 2 heterocycles. The minimum Gasteiger partial charge on any atom is -0.491 e. The third kappa shape index (κ3) is 6.23. The van der Waals surface area contributed by atoms with E-state index in [-0.39, 0.29) is 24.3 Å². The molecule has 0 aliphatic carbocycles. The zero-order chi connectivity index (χ0) is 28.9. The van der Waals surface area contributed by atoms with Gasteiger partial charge in [-0.3, -0.25) is 9.59 Å². The number of nitrogens with one attached hydrogen (secondary N) is 4. The molecule has 5 rings (SSSR count). The lowest BCUT2D eigenvalue weighted by Gasteiger charge is -2.17. The number of rotatable bonds is 11. The van der Waals surface area contributed by atoms with Gasteiger partial charge in [0.15, 0.2) is 0 Å². The standard InChI is InChI=1S/C31H31N5O5/c1-18(32)29(37)35-26-11-10-19(15-28(26)41-13-12-20-16-33-24-8-4-2-6-22(20)24)30(38)36-27(31(39)40)14-21-17-34-25-9-5-3-7-23(21)25/h2-11,15-18,27,33-34H,12-14,32H2,1H3,(H,35,37)(H,36,38)(H,39,40)/t18-,27-/m0/s1. The van der Waals surface area contributed by atoms with Crippen molar-refractivity contribution in [1.29, 1.82) is 0 Å². The summed E-state index contributed by atoms with van der Waals surface area (Å²) in [4.78, 5) is 43.9. The Kier molecular flexibility index (Phi) is 8.02. The lowest BCUT2D eigenvalue weighted by molar-refractivity contribution is -0.139. The Morgan fingerprint density at radius 3 is 2.22 bits per heavy atom. The number of carboxylic acid groups (broad SMARTS) is 1. The van der Waals surface area contributed by atoms with Gasteiger partial charge in [0, 0.05) is 52.6 Å². The Morgan fingerprint density at radius 2 is 1.56 bits per heavy atom. The topological polar surface area (TPSA) is 162 Å². The van der Waals surface area contributed by atoms with Gasteiger partial charge in [-0.2, -0.15) is 0 Å². The Morgan fingerprint density at radius 1 is 0.927 bits per heavy atom. The number of carboxylic acids is 1. The number of hydrogen-bond donors (Lipinski definition) is 6. The van der Waals surface area contributed by atoms with Crippen LogP contribution in [0.3, 0.4) is 0 Å². The molecule has 10 nitrogen and oxygen atoms in total. The number of aliphatic carboxylic acids is 1. The van der Waals surface area contributed by atoms with Gasteiger partial charge in [-0.1, -0.05) is 36.4 Å². The summed E-state index contributed by atoms with van der Waals surface area (Å²) in [5.41, 5.74) is 10.0. The van der Waals surface area contributed by atoms with Crippen molar-refractivity contribution in [3.8, 4) is 5.75 Å². The third-order valence-electron chi connectivity index (χ3n) is 6.92. The highest BCUT2D eigenvalue weighted by Crippen LogP contribution is 2.27. The molecule has 210 valence electrons. The smallest absolute Gasteiger partial charge is 0.326 e. The molecule has 41 heavy (non-hydrogen) atoms. The molecule has 2 amide bonds. The Hall–Kier alpha value is -5.09. The number of para-hydroxylation sites is 2. The molecule has 0 radical (unpaired) electrons. The molecule has 0 fully saturated rings. The first kappa shape index (κ1) is 27.5. The number of anilines is 1. The average Bonchev–Trinajstić information content (AvgIpc) is 3.57. The molecule has 0 saturated heterocycles. The van der Waals surface area contributed by atoms with Crippen LogP contribution in [0.15, 0.2) is 79.1 Å². The predicted octanol–water partition coefficient (Wildman–Crippen LogP) is 3.98. The van der Waals surface area contributed by atoms with Gasteiger partial charge in [0.25, 0.3) is 5.91 Å². The maximum atomic E-state index is 13.2. The van der Waals surface area contributed by atoms with E-state index in [0.717, 1.165) is 32.9 Å². The second-order valence-electron chi connectivity index (χ2n) is 9.87. The molecule has 0 saturated carbocycles. The maximum absolute atomic E-state index is 13.2. The number of carbonyl (C=O) groups is 3. The monoisotopic (exact) mass is 553 g/mol. The lowest BCUT2D eigenvalue weighted by Crippen LogP contribution is -2.42. The van der Waals surface area contributed by atoms with E-state index in [9.17, 15) is 19.5 Å². The molecule has 7 N–H and O–H groups in total. The fraction of sp³-hybridized carbons (Fsp3) is 0.194. The number of hydrogen-bond acceptors (Lipinski definition) is 5. The summed E-state index contributed by atoms with van der Waals surface area (Å²) in [6.45, 7) is 1.83. The number of nitrogens with two attached hydrogens (primary N) is 1. The maximum Gasteiger partial charge on any atom is 0.326 e. The van der Waals surface area contributed by atoms with Gasteiger partial charge in [-0.25, -0.2) is 4.79 Å². The van der Waals surface area contributed by atoms with Crippen molar-refractivity contribution >= 4 is 45.3 Å². The fourth-order valence-corrected chi connectivity index (χ4v) is 4.70. The number of ether oxygens (including phenoxy) is 1. The number of carbonyl (C=O) groups excluding carboxylic acids is 2. The quantitative estimate of drug-likeness (QED) is 0.145. The van der Waals surface area contributed by atoms with E-state index in [1.165, 1.54) is 12.1 Å². The summed E-state index contributed by atoms with van der Waals surface area (Å²) in [7, 11) is 0. The van der Waals surface area contributed by atoms with Gasteiger partial charge in [-0.15, -0.1) is 0 Å². The first-order chi connectivity index (χ1) is 19.8. The van der Waals surface area contributed by atoms with Gasteiger partial charge >= 0.3 is 5.97 Å². The molecule has 0 bridgehead atoms. The largest absolute Gasteiger partial charge is 0.491 e. The lowest BCUT2D eigenvalue weighted by atomic mass is 10.0. The normalized spacial score (nSPS) is 12.6. The van der Waals surface area contributed by atoms with E-state index >= 15 is 0 Å². The number of aromatic nitrogens is 2. The molecule has 5 aromatic rings. The van der Waals surface area contributed by atoms with Crippen LogP contribution >= 0.6 is 0 Å². The highest BCUT2D eigenvalue weighted by molar-refractivity contribution is 6.00. The van der Waals surface area contributed by atoms with Crippen molar-refractivity contribution in [3.63, 3.8) is 0 Å². The third-order valence-corrected chi connectivity index (χ3v) is 6.92. The van der Waals surface area contributed by atoms with Crippen molar-refractivity contribution < 1.29 is 24.2 Å². The predicted molar refractivity (Wildman–Crippen MR) is 157 cm³/mol. The number of aromatic amines is 2.